The van der Waals surface area contributed by atoms with E-state index in [0.717, 1.165) is 5.69 Å². The Morgan fingerprint density at radius 2 is 1.77 bits per heavy atom. The van der Waals surface area contributed by atoms with Crippen LogP contribution in [0.5, 0.6) is 0 Å². The molecule has 0 aliphatic heterocycles. The fourth-order valence-corrected chi connectivity index (χ4v) is 1.48. The Morgan fingerprint density at radius 1 is 1.23 bits per heavy atom. The minimum absolute atomic E-state index is 0.612. The molecule has 0 amide bonds. The molecule has 0 N–H and O–H groups in total. The lowest BCUT2D eigenvalue weighted by Crippen LogP contribution is -2.07. The van der Waals surface area contributed by atoms with Crippen molar-refractivity contribution in [2.45, 2.75) is 6.92 Å². The van der Waals surface area contributed by atoms with Gasteiger partial charge in [0, 0.05) is 23.3 Å². The molecule has 0 saturated carbocycles. The summed E-state index contributed by atoms with van der Waals surface area (Å²) in [6, 6.07) is 5.30. The number of halogens is 2. The van der Waals surface area contributed by atoms with Crippen LogP contribution in [-0.2, 0) is 0 Å². The monoisotopic (exact) mass is 216 g/mol. The second-order valence-electron chi connectivity index (χ2n) is 2.52. The first-order chi connectivity index (χ1) is 6.13. The zero-order valence-electron chi connectivity index (χ0n) is 7.46. The number of benzene rings is 1. The van der Waals surface area contributed by atoms with Gasteiger partial charge in [-0.15, -0.1) is 0 Å². The van der Waals surface area contributed by atoms with Crippen molar-refractivity contribution in [3.63, 3.8) is 0 Å². The Balaban J connectivity index is 3.00. The molecule has 0 unspecified atom stereocenters. The normalized spacial score (nSPS) is 10.8. The van der Waals surface area contributed by atoms with Crippen molar-refractivity contribution in [2.75, 3.05) is 12.1 Å². The Labute approximate surface area is 87.8 Å². The second kappa shape index (κ2) is 4.49. The fourth-order valence-electron chi connectivity index (χ4n) is 0.966. The standard InChI is InChI=1S/C9H10Cl2N2/c1-3-12-13(2)9-5-7(10)4-8(11)6-9/h3-6H,1-2H3/b12-3-. The van der Waals surface area contributed by atoms with Gasteiger partial charge in [-0.25, -0.2) is 0 Å². The number of hydrazone groups is 1. The van der Waals surface area contributed by atoms with E-state index in [4.69, 9.17) is 23.2 Å². The van der Waals surface area contributed by atoms with Crippen molar-refractivity contribution < 1.29 is 0 Å². The SMILES string of the molecule is C/C=N\N(C)c1cc(Cl)cc(Cl)c1. The predicted octanol–water partition coefficient (Wildman–Crippen LogP) is 3.44. The van der Waals surface area contributed by atoms with Gasteiger partial charge in [0.1, 0.15) is 0 Å². The topological polar surface area (TPSA) is 15.6 Å². The summed E-state index contributed by atoms with van der Waals surface area (Å²) in [7, 11) is 1.84. The van der Waals surface area contributed by atoms with E-state index >= 15 is 0 Å². The van der Waals surface area contributed by atoms with Crippen LogP contribution in [0, 0.1) is 0 Å². The first kappa shape index (κ1) is 10.4. The molecule has 2 nitrogen and oxygen atoms in total. The van der Waals surface area contributed by atoms with Crippen LogP contribution in [0.1, 0.15) is 6.92 Å². The molecular weight excluding hydrogens is 207 g/mol. The summed E-state index contributed by atoms with van der Waals surface area (Å²) in [5.74, 6) is 0. The molecule has 70 valence electrons. The first-order valence-corrected chi connectivity index (χ1v) is 4.57. The maximum absolute atomic E-state index is 5.83. The molecule has 0 bridgehead atoms. The maximum atomic E-state index is 5.83. The van der Waals surface area contributed by atoms with E-state index in [1.165, 1.54) is 0 Å². The van der Waals surface area contributed by atoms with Gasteiger partial charge in [0.2, 0.25) is 0 Å². The molecule has 0 radical (unpaired) electrons. The smallest absolute Gasteiger partial charge is 0.0620 e. The minimum Gasteiger partial charge on any atom is -0.269 e. The highest BCUT2D eigenvalue weighted by Gasteiger charge is 2.01. The third-order valence-corrected chi connectivity index (χ3v) is 1.95. The summed E-state index contributed by atoms with van der Waals surface area (Å²) in [6.07, 6.45) is 1.70. The zero-order chi connectivity index (χ0) is 9.84. The maximum Gasteiger partial charge on any atom is 0.0620 e. The van der Waals surface area contributed by atoms with Gasteiger partial charge in [0.25, 0.3) is 0 Å². The zero-order valence-corrected chi connectivity index (χ0v) is 8.97. The van der Waals surface area contributed by atoms with Gasteiger partial charge in [0.05, 0.1) is 5.69 Å². The molecule has 0 aromatic heterocycles. The largest absolute Gasteiger partial charge is 0.269 e. The van der Waals surface area contributed by atoms with Crippen LogP contribution in [0.2, 0.25) is 10.0 Å². The molecular formula is C9H10Cl2N2. The lowest BCUT2D eigenvalue weighted by Gasteiger charge is -2.12. The molecule has 1 rings (SSSR count). The summed E-state index contributed by atoms with van der Waals surface area (Å²) in [6.45, 7) is 1.85. The van der Waals surface area contributed by atoms with Crippen LogP contribution in [0.25, 0.3) is 0 Å². The summed E-state index contributed by atoms with van der Waals surface area (Å²) < 4.78 is 0. The minimum atomic E-state index is 0.612. The van der Waals surface area contributed by atoms with Crippen molar-refractivity contribution in [2.24, 2.45) is 5.10 Å². The van der Waals surface area contributed by atoms with Crippen molar-refractivity contribution in [1.29, 1.82) is 0 Å². The summed E-state index contributed by atoms with van der Waals surface area (Å²) in [4.78, 5) is 0. The van der Waals surface area contributed by atoms with Gasteiger partial charge < -0.3 is 0 Å². The van der Waals surface area contributed by atoms with Gasteiger partial charge >= 0.3 is 0 Å². The van der Waals surface area contributed by atoms with E-state index in [-0.39, 0.29) is 0 Å². The first-order valence-electron chi connectivity index (χ1n) is 3.82. The van der Waals surface area contributed by atoms with Crippen LogP contribution >= 0.6 is 23.2 Å². The number of hydrogen-bond donors (Lipinski definition) is 0. The van der Waals surface area contributed by atoms with Gasteiger partial charge in [0.15, 0.2) is 0 Å². The summed E-state index contributed by atoms with van der Waals surface area (Å²) in [5.41, 5.74) is 0.871. The molecule has 0 heterocycles. The molecule has 1 aromatic carbocycles. The molecule has 0 aliphatic rings. The number of nitrogens with zero attached hydrogens (tertiary/aromatic N) is 2. The second-order valence-corrected chi connectivity index (χ2v) is 3.40. The van der Waals surface area contributed by atoms with Crippen LogP contribution in [0.4, 0.5) is 5.69 Å². The third kappa shape index (κ3) is 2.90. The van der Waals surface area contributed by atoms with E-state index in [1.807, 2.05) is 14.0 Å². The molecule has 13 heavy (non-hydrogen) atoms. The molecule has 0 spiro atoms. The van der Waals surface area contributed by atoms with E-state index in [1.54, 1.807) is 29.4 Å². The summed E-state index contributed by atoms with van der Waals surface area (Å²) >= 11 is 11.7. The van der Waals surface area contributed by atoms with Crippen molar-refractivity contribution in [3.05, 3.63) is 28.2 Å². The molecule has 4 heteroatoms. The lowest BCUT2D eigenvalue weighted by molar-refractivity contribution is 1.02. The quantitative estimate of drug-likeness (QED) is 0.547. The van der Waals surface area contributed by atoms with Crippen LogP contribution in [0.15, 0.2) is 23.3 Å². The van der Waals surface area contributed by atoms with Crippen LogP contribution in [-0.4, -0.2) is 13.3 Å². The van der Waals surface area contributed by atoms with Gasteiger partial charge in [-0.2, -0.15) is 5.10 Å². The molecule has 1 aromatic rings. The highest BCUT2D eigenvalue weighted by Crippen LogP contribution is 2.24. The number of anilines is 1. The van der Waals surface area contributed by atoms with Crippen LogP contribution in [0.3, 0.4) is 0 Å². The van der Waals surface area contributed by atoms with Gasteiger partial charge in [-0.1, -0.05) is 23.2 Å². The van der Waals surface area contributed by atoms with Gasteiger partial charge in [-0.3, -0.25) is 5.01 Å². The molecule has 0 aliphatic carbocycles. The van der Waals surface area contributed by atoms with Crippen molar-refractivity contribution in [3.8, 4) is 0 Å². The highest BCUT2D eigenvalue weighted by atomic mass is 35.5. The Bertz CT molecular complexity index is 303. The van der Waals surface area contributed by atoms with E-state index in [9.17, 15) is 0 Å². The molecule has 0 atom stereocenters. The Kier molecular flexibility index (Phi) is 3.58. The van der Waals surface area contributed by atoms with Crippen molar-refractivity contribution >= 4 is 35.1 Å². The molecule has 0 saturated heterocycles. The fraction of sp³-hybridized carbons (Fsp3) is 0.222. The Hall–Kier alpha value is -0.730. The van der Waals surface area contributed by atoms with Crippen molar-refractivity contribution in [1.82, 2.24) is 0 Å². The molecule has 0 fully saturated rings. The third-order valence-electron chi connectivity index (χ3n) is 1.51. The summed E-state index contributed by atoms with van der Waals surface area (Å²) in [5, 5.41) is 7.00. The Morgan fingerprint density at radius 3 is 2.23 bits per heavy atom. The number of rotatable bonds is 2. The average molecular weight is 217 g/mol. The lowest BCUT2D eigenvalue weighted by atomic mass is 10.3. The number of hydrogen-bond acceptors (Lipinski definition) is 2. The van der Waals surface area contributed by atoms with Crippen LogP contribution < -0.4 is 5.01 Å². The highest BCUT2D eigenvalue weighted by molar-refractivity contribution is 6.35. The van der Waals surface area contributed by atoms with E-state index < -0.39 is 0 Å². The average Bonchev–Trinajstić information content (AvgIpc) is 2.03. The predicted molar refractivity (Wildman–Crippen MR) is 59.0 cm³/mol. The van der Waals surface area contributed by atoms with Gasteiger partial charge in [-0.05, 0) is 25.1 Å². The van der Waals surface area contributed by atoms with E-state index in [0.29, 0.717) is 10.0 Å². The van der Waals surface area contributed by atoms with E-state index in [2.05, 4.69) is 5.10 Å².